The van der Waals surface area contributed by atoms with Gasteiger partial charge in [-0.1, -0.05) is 12.1 Å². The number of benzene rings is 1. The molecule has 1 saturated heterocycles. The van der Waals surface area contributed by atoms with E-state index < -0.39 is 0 Å². The summed E-state index contributed by atoms with van der Waals surface area (Å²) in [4.78, 5) is 13.1. The highest BCUT2D eigenvalue weighted by molar-refractivity contribution is 5.75. The fourth-order valence-corrected chi connectivity index (χ4v) is 2.47. The number of nitrogens with zero attached hydrogens (tertiary/aromatic N) is 1. The van der Waals surface area contributed by atoms with Crippen molar-refractivity contribution >= 4 is 6.29 Å². The lowest BCUT2D eigenvalue weighted by molar-refractivity contribution is 0.0975. The molecule has 1 atom stereocenters. The Kier molecular flexibility index (Phi) is 4.37. The first kappa shape index (κ1) is 13.1. The second-order valence-corrected chi connectivity index (χ2v) is 5.15. The summed E-state index contributed by atoms with van der Waals surface area (Å²) < 4.78 is 5.95. The Bertz CT molecular complexity index is 397. The summed E-state index contributed by atoms with van der Waals surface area (Å²) in [6.45, 7) is 4.42. The second kappa shape index (κ2) is 6.01. The maximum atomic E-state index is 10.7. The largest absolute Gasteiger partial charge is 0.490 e. The molecule has 1 aromatic rings. The minimum atomic E-state index is 0.209. The van der Waals surface area contributed by atoms with Crippen molar-refractivity contribution in [3.05, 3.63) is 29.8 Å². The first-order valence-corrected chi connectivity index (χ1v) is 6.59. The lowest BCUT2D eigenvalue weighted by Gasteiger charge is -2.32. The average Bonchev–Trinajstić information content (AvgIpc) is 2.39. The van der Waals surface area contributed by atoms with Crippen molar-refractivity contribution in [2.45, 2.75) is 25.9 Å². The van der Waals surface area contributed by atoms with Crippen molar-refractivity contribution in [1.29, 1.82) is 0 Å². The number of hydrogen-bond donors (Lipinski definition) is 0. The van der Waals surface area contributed by atoms with Gasteiger partial charge in [-0.05, 0) is 58.0 Å². The van der Waals surface area contributed by atoms with Gasteiger partial charge in [0.2, 0.25) is 0 Å². The zero-order valence-electron chi connectivity index (χ0n) is 11.1. The van der Waals surface area contributed by atoms with Crippen molar-refractivity contribution in [3.8, 4) is 5.75 Å². The van der Waals surface area contributed by atoms with Crippen LogP contribution >= 0.6 is 0 Å². The summed E-state index contributed by atoms with van der Waals surface area (Å²) in [6.07, 6.45) is 3.43. The molecular weight excluding hydrogens is 226 g/mol. The van der Waals surface area contributed by atoms with Crippen LogP contribution in [-0.4, -0.2) is 37.4 Å². The van der Waals surface area contributed by atoms with Gasteiger partial charge >= 0.3 is 0 Å². The quantitative estimate of drug-likeness (QED) is 0.766. The summed E-state index contributed by atoms with van der Waals surface area (Å²) in [6, 6.07) is 7.37. The van der Waals surface area contributed by atoms with Crippen LogP contribution in [0.4, 0.5) is 0 Å². The van der Waals surface area contributed by atoms with E-state index in [1.54, 1.807) is 12.1 Å². The molecule has 0 aromatic heterocycles. The average molecular weight is 247 g/mol. The van der Waals surface area contributed by atoms with Crippen molar-refractivity contribution < 1.29 is 9.53 Å². The highest BCUT2D eigenvalue weighted by Gasteiger charge is 2.23. The predicted octanol–water partition coefficient (Wildman–Crippen LogP) is 2.61. The third-order valence-corrected chi connectivity index (χ3v) is 3.74. The fourth-order valence-electron chi connectivity index (χ4n) is 2.47. The minimum absolute atomic E-state index is 0.209. The van der Waals surface area contributed by atoms with E-state index >= 15 is 0 Å². The van der Waals surface area contributed by atoms with Crippen LogP contribution in [0.25, 0.3) is 0 Å². The molecule has 0 N–H and O–H groups in total. The van der Waals surface area contributed by atoms with Gasteiger partial charge in [-0.15, -0.1) is 0 Å². The zero-order chi connectivity index (χ0) is 13.0. The van der Waals surface area contributed by atoms with Gasteiger partial charge in [-0.2, -0.15) is 0 Å². The normalized spacial score (nSPS) is 19.4. The highest BCUT2D eigenvalue weighted by atomic mass is 16.5. The molecule has 0 radical (unpaired) electrons. The van der Waals surface area contributed by atoms with E-state index in [0.717, 1.165) is 25.1 Å². The molecule has 1 aromatic carbocycles. The molecular formula is C15H21NO2. The summed E-state index contributed by atoms with van der Waals surface area (Å²) in [7, 11) is 2.16. The van der Waals surface area contributed by atoms with E-state index in [1.807, 2.05) is 12.1 Å². The molecule has 2 rings (SSSR count). The molecule has 0 aliphatic carbocycles. The van der Waals surface area contributed by atoms with Crippen LogP contribution in [0.15, 0.2) is 24.3 Å². The third kappa shape index (κ3) is 3.33. The number of ether oxygens (including phenoxy) is 1. The Hall–Kier alpha value is -1.35. The van der Waals surface area contributed by atoms with Gasteiger partial charge in [-0.25, -0.2) is 0 Å². The maximum absolute atomic E-state index is 10.7. The maximum Gasteiger partial charge on any atom is 0.150 e. The molecule has 3 nitrogen and oxygen atoms in total. The van der Waals surface area contributed by atoms with Crippen LogP contribution in [0.1, 0.15) is 30.1 Å². The first-order valence-electron chi connectivity index (χ1n) is 6.59. The van der Waals surface area contributed by atoms with Gasteiger partial charge in [0.15, 0.2) is 0 Å². The SMILES string of the molecule is CC(Oc1cccc(C=O)c1)C1CCN(C)CC1. The Morgan fingerprint density at radius 3 is 2.78 bits per heavy atom. The number of aldehydes is 1. The molecule has 0 amide bonds. The van der Waals surface area contributed by atoms with Crippen LogP contribution in [0.3, 0.4) is 0 Å². The van der Waals surface area contributed by atoms with Gasteiger partial charge in [0, 0.05) is 5.56 Å². The van der Waals surface area contributed by atoms with Crippen molar-refractivity contribution in [2.75, 3.05) is 20.1 Å². The summed E-state index contributed by atoms with van der Waals surface area (Å²) >= 11 is 0. The zero-order valence-corrected chi connectivity index (χ0v) is 11.1. The third-order valence-electron chi connectivity index (χ3n) is 3.74. The van der Waals surface area contributed by atoms with E-state index in [9.17, 15) is 4.79 Å². The Morgan fingerprint density at radius 2 is 2.11 bits per heavy atom. The number of hydrogen-bond acceptors (Lipinski definition) is 3. The molecule has 18 heavy (non-hydrogen) atoms. The Labute approximate surface area is 109 Å². The van der Waals surface area contributed by atoms with E-state index in [-0.39, 0.29) is 6.10 Å². The molecule has 0 saturated carbocycles. The summed E-state index contributed by atoms with van der Waals surface area (Å²) in [5.74, 6) is 1.41. The smallest absolute Gasteiger partial charge is 0.150 e. The molecule has 0 bridgehead atoms. The minimum Gasteiger partial charge on any atom is -0.490 e. The Balaban J connectivity index is 1.93. The van der Waals surface area contributed by atoms with E-state index in [0.29, 0.717) is 11.5 Å². The molecule has 98 valence electrons. The van der Waals surface area contributed by atoms with E-state index in [1.165, 1.54) is 12.8 Å². The summed E-state index contributed by atoms with van der Waals surface area (Å²) in [5.41, 5.74) is 0.670. The van der Waals surface area contributed by atoms with Crippen LogP contribution < -0.4 is 4.74 Å². The van der Waals surface area contributed by atoms with Crippen molar-refractivity contribution in [1.82, 2.24) is 4.90 Å². The predicted molar refractivity (Wildman–Crippen MR) is 72.1 cm³/mol. The number of likely N-dealkylation sites (tertiary alicyclic amines) is 1. The van der Waals surface area contributed by atoms with Gasteiger partial charge in [0.1, 0.15) is 12.0 Å². The fraction of sp³-hybridized carbons (Fsp3) is 0.533. The summed E-state index contributed by atoms with van der Waals surface area (Å²) in [5, 5.41) is 0. The lowest BCUT2D eigenvalue weighted by atomic mass is 9.92. The van der Waals surface area contributed by atoms with Crippen LogP contribution in [0.2, 0.25) is 0 Å². The molecule has 1 unspecified atom stereocenters. The second-order valence-electron chi connectivity index (χ2n) is 5.15. The van der Waals surface area contributed by atoms with Gasteiger partial charge < -0.3 is 9.64 Å². The van der Waals surface area contributed by atoms with Crippen molar-refractivity contribution in [3.63, 3.8) is 0 Å². The van der Waals surface area contributed by atoms with E-state index in [4.69, 9.17) is 4.74 Å². The molecule has 1 aliphatic rings. The standard InChI is InChI=1S/C15H21NO2/c1-12(14-6-8-16(2)9-7-14)18-15-5-3-4-13(10-15)11-17/h3-5,10-12,14H,6-9H2,1-2H3. The number of piperidine rings is 1. The molecule has 1 fully saturated rings. The molecule has 0 spiro atoms. The lowest BCUT2D eigenvalue weighted by Crippen LogP contribution is -2.36. The van der Waals surface area contributed by atoms with Crippen LogP contribution in [0, 0.1) is 5.92 Å². The van der Waals surface area contributed by atoms with Crippen LogP contribution in [0.5, 0.6) is 5.75 Å². The number of rotatable bonds is 4. The van der Waals surface area contributed by atoms with Crippen molar-refractivity contribution in [2.24, 2.45) is 5.92 Å². The van der Waals surface area contributed by atoms with E-state index in [2.05, 4.69) is 18.9 Å². The van der Waals surface area contributed by atoms with Gasteiger partial charge in [0.05, 0.1) is 6.10 Å². The van der Waals surface area contributed by atoms with Gasteiger partial charge in [0.25, 0.3) is 0 Å². The Morgan fingerprint density at radius 1 is 1.39 bits per heavy atom. The molecule has 1 aliphatic heterocycles. The van der Waals surface area contributed by atoms with Gasteiger partial charge in [-0.3, -0.25) is 4.79 Å². The number of carbonyl (C=O) groups excluding carboxylic acids is 1. The first-order chi connectivity index (χ1) is 8.69. The highest BCUT2D eigenvalue weighted by Crippen LogP contribution is 2.24. The number of carbonyl (C=O) groups is 1. The van der Waals surface area contributed by atoms with Crippen LogP contribution in [-0.2, 0) is 0 Å². The topological polar surface area (TPSA) is 29.5 Å². The molecule has 3 heteroatoms. The monoisotopic (exact) mass is 247 g/mol. The molecule has 1 heterocycles.